The lowest BCUT2D eigenvalue weighted by molar-refractivity contribution is -0.114. The summed E-state index contributed by atoms with van der Waals surface area (Å²) >= 11 is 0. The van der Waals surface area contributed by atoms with Gasteiger partial charge in [-0.1, -0.05) is 35.9 Å². The number of aryl methyl sites for hydroxylation is 1. The van der Waals surface area contributed by atoms with Crippen molar-refractivity contribution < 1.29 is 4.79 Å². The molecule has 3 aromatic rings. The molecule has 0 bridgehead atoms. The number of pyridine rings is 1. The Hall–Kier alpha value is -3.14. The van der Waals surface area contributed by atoms with Crippen molar-refractivity contribution in [2.24, 2.45) is 0 Å². The lowest BCUT2D eigenvalue weighted by atomic mass is 10.1. The molecule has 0 aliphatic heterocycles. The maximum atomic E-state index is 12.3. The average molecular weight is 318 g/mol. The minimum absolute atomic E-state index is 0.119. The molecule has 0 spiro atoms. The minimum Gasteiger partial charge on any atom is -0.326 e. The van der Waals surface area contributed by atoms with E-state index in [1.54, 1.807) is 22.8 Å². The summed E-state index contributed by atoms with van der Waals surface area (Å²) in [4.78, 5) is 23.5. The van der Waals surface area contributed by atoms with Gasteiger partial charge in [0.25, 0.3) is 5.56 Å². The highest BCUT2D eigenvalue weighted by atomic mass is 16.1. The van der Waals surface area contributed by atoms with E-state index < -0.39 is 0 Å². The number of benzene rings is 2. The summed E-state index contributed by atoms with van der Waals surface area (Å²) in [5.74, 6) is -0.145. The van der Waals surface area contributed by atoms with Gasteiger partial charge in [-0.15, -0.1) is 0 Å². The highest BCUT2D eigenvalue weighted by Crippen LogP contribution is 2.21. The average Bonchev–Trinajstić information content (AvgIpc) is 2.55. The Bertz CT molecular complexity index is 958. The number of rotatable bonds is 3. The van der Waals surface area contributed by atoms with Crippen LogP contribution in [0.25, 0.3) is 16.8 Å². The van der Waals surface area contributed by atoms with Crippen molar-refractivity contribution >= 4 is 11.6 Å². The lowest BCUT2D eigenvalue weighted by Crippen LogP contribution is -2.16. The van der Waals surface area contributed by atoms with Gasteiger partial charge in [-0.25, -0.2) is 0 Å². The number of carbonyl (C=O) groups excluding carboxylic acids is 1. The van der Waals surface area contributed by atoms with Gasteiger partial charge in [-0.2, -0.15) is 0 Å². The van der Waals surface area contributed by atoms with Crippen molar-refractivity contribution in [2.75, 3.05) is 5.32 Å². The number of carbonyl (C=O) groups is 1. The molecule has 1 N–H and O–H groups in total. The molecule has 0 aliphatic carbocycles. The van der Waals surface area contributed by atoms with Crippen molar-refractivity contribution in [1.82, 2.24) is 4.57 Å². The van der Waals surface area contributed by atoms with Gasteiger partial charge in [0.2, 0.25) is 5.91 Å². The molecule has 0 aliphatic rings. The van der Waals surface area contributed by atoms with E-state index in [1.165, 1.54) is 6.92 Å². The Morgan fingerprint density at radius 3 is 2.50 bits per heavy atom. The fourth-order valence-electron chi connectivity index (χ4n) is 2.62. The quantitative estimate of drug-likeness (QED) is 0.799. The summed E-state index contributed by atoms with van der Waals surface area (Å²) in [5, 5.41) is 2.73. The van der Waals surface area contributed by atoms with Crippen LogP contribution in [-0.4, -0.2) is 10.5 Å². The first-order valence-corrected chi connectivity index (χ1v) is 7.71. The third kappa shape index (κ3) is 3.43. The Labute approximate surface area is 140 Å². The predicted octanol–water partition coefficient (Wildman–Crippen LogP) is 3.77. The van der Waals surface area contributed by atoms with Gasteiger partial charge in [0.05, 0.1) is 5.69 Å². The summed E-state index contributed by atoms with van der Waals surface area (Å²) in [7, 11) is 0. The largest absolute Gasteiger partial charge is 0.326 e. The molecule has 1 heterocycles. The summed E-state index contributed by atoms with van der Waals surface area (Å²) in [5.41, 5.74) is 4.43. The van der Waals surface area contributed by atoms with Crippen LogP contribution in [0.1, 0.15) is 12.5 Å². The van der Waals surface area contributed by atoms with E-state index in [2.05, 4.69) is 11.4 Å². The third-order valence-corrected chi connectivity index (χ3v) is 3.71. The van der Waals surface area contributed by atoms with E-state index in [0.717, 1.165) is 16.7 Å². The number of anilines is 1. The van der Waals surface area contributed by atoms with E-state index in [4.69, 9.17) is 0 Å². The van der Waals surface area contributed by atoms with Crippen LogP contribution >= 0.6 is 0 Å². The first-order chi connectivity index (χ1) is 11.5. The molecular weight excluding hydrogens is 300 g/mol. The van der Waals surface area contributed by atoms with Crippen LogP contribution < -0.4 is 10.9 Å². The van der Waals surface area contributed by atoms with Crippen LogP contribution in [0.3, 0.4) is 0 Å². The van der Waals surface area contributed by atoms with Gasteiger partial charge in [-0.3, -0.25) is 14.2 Å². The maximum absolute atomic E-state index is 12.3. The molecule has 0 unspecified atom stereocenters. The number of amides is 1. The van der Waals surface area contributed by atoms with Crippen LogP contribution in [-0.2, 0) is 4.79 Å². The molecule has 0 fully saturated rings. The van der Waals surface area contributed by atoms with Crippen LogP contribution in [0.4, 0.5) is 5.69 Å². The van der Waals surface area contributed by atoms with Crippen molar-refractivity contribution in [3.63, 3.8) is 0 Å². The fraction of sp³-hybridized carbons (Fsp3) is 0.100. The molecule has 1 aromatic heterocycles. The van der Waals surface area contributed by atoms with Crippen molar-refractivity contribution in [2.45, 2.75) is 13.8 Å². The second kappa shape index (κ2) is 6.54. The number of nitrogens with one attached hydrogen (secondary N) is 1. The van der Waals surface area contributed by atoms with Crippen molar-refractivity contribution in [1.29, 1.82) is 0 Å². The zero-order chi connectivity index (χ0) is 17.1. The molecule has 24 heavy (non-hydrogen) atoms. The van der Waals surface area contributed by atoms with E-state index >= 15 is 0 Å². The van der Waals surface area contributed by atoms with Gasteiger partial charge < -0.3 is 5.32 Å². The first kappa shape index (κ1) is 15.7. The second-order valence-electron chi connectivity index (χ2n) is 5.73. The molecule has 0 saturated heterocycles. The maximum Gasteiger partial charge on any atom is 0.255 e. The van der Waals surface area contributed by atoms with Crippen molar-refractivity contribution in [3.05, 3.63) is 82.8 Å². The Morgan fingerprint density at radius 1 is 0.958 bits per heavy atom. The topological polar surface area (TPSA) is 51.1 Å². The highest BCUT2D eigenvalue weighted by molar-refractivity contribution is 5.88. The molecule has 4 nitrogen and oxygen atoms in total. The van der Waals surface area contributed by atoms with Gasteiger partial charge in [0, 0.05) is 24.9 Å². The molecule has 1 amide bonds. The third-order valence-electron chi connectivity index (χ3n) is 3.71. The predicted molar refractivity (Wildman–Crippen MR) is 96.5 cm³/mol. The number of hydrogen-bond donors (Lipinski definition) is 1. The number of aromatic nitrogens is 1. The first-order valence-electron chi connectivity index (χ1n) is 7.71. The fourth-order valence-corrected chi connectivity index (χ4v) is 2.62. The summed E-state index contributed by atoms with van der Waals surface area (Å²) < 4.78 is 1.59. The molecule has 0 saturated carbocycles. The standard InChI is InChI=1S/C20H18N2O2/c1-14-5-3-6-16(11-14)17-9-10-20(24)22(13-17)19-8-4-7-18(12-19)21-15(2)23/h3-13H,1-2H3,(H,21,23). The van der Waals surface area contributed by atoms with Gasteiger partial charge in [-0.05, 0) is 42.3 Å². The minimum atomic E-state index is -0.145. The van der Waals surface area contributed by atoms with E-state index in [1.807, 2.05) is 49.5 Å². The monoisotopic (exact) mass is 318 g/mol. The van der Waals surface area contributed by atoms with Gasteiger partial charge in [0.1, 0.15) is 0 Å². The Morgan fingerprint density at radius 2 is 1.75 bits per heavy atom. The lowest BCUT2D eigenvalue weighted by Gasteiger charge is -2.11. The molecule has 3 rings (SSSR count). The molecule has 2 aromatic carbocycles. The summed E-state index contributed by atoms with van der Waals surface area (Å²) in [6, 6.07) is 18.7. The zero-order valence-corrected chi connectivity index (χ0v) is 13.6. The molecule has 4 heteroatoms. The van der Waals surface area contributed by atoms with E-state index in [9.17, 15) is 9.59 Å². The van der Waals surface area contributed by atoms with Crippen LogP contribution in [0.2, 0.25) is 0 Å². The zero-order valence-electron chi connectivity index (χ0n) is 13.6. The van der Waals surface area contributed by atoms with Crippen LogP contribution in [0.5, 0.6) is 0 Å². The molecule has 0 radical (unpaired) electrons. The van der Waals surface area contributed by atoms with E-state index in [-0.39, 0.29) is 11.5 Å². The number of hydrogen-bond acceptors (Lipinski definition) is 2. The van der Waals surface area contributed by atoms with Crippen molar-refractivity contribution in [3.8, 4) is 16.8 Å². The molecule has 120 valence electrons. The Kier molecular flexibility index (Phi) is 4.29. The van der Waals surface area contributed by atoms with Gasteiger partial charge >= 0.3 is 0 Å². The molecule has 0 atom stereocenters. The highest BCUT2D eigenvalue weighted by Gasteiger charge is 2.05. The van der Waals surface area contributed by atoms with Crippen LogP contribution in [0, 0.1) is 6.92 Å². The second-order valence-corrected chi connectivity index (χ2v) is 5.73. The summed E-state index contributed by atoms with van der Waals surface area (Å²) in [6.07, 6.45) is 1.82. The van der Waals surface area contributed by atoms with E-state index in [0.29, 0.717) is 11.4 Å². The Balaban J connectivity index is 2.07. The summed E-state index contributed by atoms with van der Waals surface area (Å²) in [6.45, 7) is 3.49. The van der Waals surface area contributed by atoms with Gasteiger partial charge in [0.15, 0.2) is 0 Å². The van der Waals surface area contributed by atoms with Crippen LogP contribution in [0.15, 0.2) is 71.7 Å². The number of nitrogens with zero attached hydrogens (tertiary/aromatic N) is 1. The smallest absolute Gasteiger partial charge is 0.255 e. The normalized spacial score (nSPS) is 10.4. The SMILES string of the molecule is CC(=O)Nc1cccc(-n2cc(-c3cccc(C)c3)ccc2=O)c1. The molecular formula is C20H18N2O2.